The van der Waals surface area contributed by atoms with E-state index in [1.54, 1.807) is 9.80 Å². The van der Waals surface area contributed by atoms with E-state index < -0.39 is 0 Å². The van der Waals surface area contributed by atoms with Gasteiger partial charge >= 0.3 is 0 Å². The predicted octanol–water partition coefficient (Wildman–Crippen LogP) is 1.40. The molecule has 2 aliphatic rings. The molecule has 0 radical (unpaired) electrons. The lowest BCUT2D eigenvalue weighted by Crippen LogP contribution is -2.48. The third-order valence-corrected chi connectivity index (χ3v) is 5.54. The second-order valence-corrected chi connectivity index (χ2v) is 7.57. The standard InChI is InChI=1S/C20H31N5O3/c1-3-8-23(9-4-2)20(28)18-21-17(16-7-5-6-10-25(16)18)19(27)24-13-11-22(15-26)12-14-24/h15H,3-14H2,1-2H3. The molecule has 0 unspecified atom stereocenters. The van der Waals surface area contributed by atoms with Gasteiger partial charge in [-0.3, -0.25) is 14.4 Å². The number of aromatic nitrogens is 2. The summed E-state index contributed by atoms with van der Waals surface area (Å²) in [5.74, 6) is 0.218. The van der Waals surface area contributed by atoms with Crippen molar-refractivity contribution in [3.63, 3.8) is 0 Å². The zero-order chi connectivity index (χ0) is 20.1. The van der Waals surface area contributed by atoms with Crippen LogP contribution in [0.15, 0.2) is 0 Å². The van der Waals surface area contributed by atoms with E-state index in [0.29, 0.717) is 50.8 Å². The van der Waals surface area contributed by atoms with Gasteiger partial charge in [0.15, 0.2) is 5.82 Å². The molecule has 3 rings (SSSR count). The van der Waals surface area contributed by atoms with Crippen molar-refractivity contribution in [2.24, 2.45) is 0 Å². The van der Waals surface area contributed by atoms with Crippen LogP contribution in [-0.2, 0) is 17.8 Å². The molecular weight excluding hydrogens is 358 g/mol. The number of rotatable bonds is 7. The summed E-state index contributed by atoms with van der Waals surface area (Å²) < 4.78 is 1.97. The van der Waals surface area contributed by atoms with Crippen LogP contribution in [-0.4, -0.2) is 81.7 Å². The maximum Gasteiger partial charge on any atom is 0.289 e. The Morgan fingerprint density at radius 1 is 1.04 bits per heavy atom. The lowest BCUT2D eigenvalue weighted by atomic mass is 10.1. The van der Waals surface area contributed by atoms with Crippen molar-refractivity contribution < 1.29 is 14.4 Å². The first-order valence-corrected chi connectivity index (χ1v) is 10.5. The highest BCUT2D eigenvalue weighted by Crippen LogP contribution is 2.23. The molecule has 1 fully saturated rings. The summed E-state index contributed by atoms with van der Waals surface area (Å²) in [6, 6.07) is 0. The topological polar surface area (TPSA) is 78.8 Å². The van der Waals surface area contributed by atoms with Gasteiger partial charge in [0.25, 0.3) is 11.8 Å². The molecule has 0 aliphatic carbocycles. The van der Waals surface area contributed by atoms with E-state index >= 15 is 0 Å². The number of fused-ring (bicyclic) bond motifs is 1. The number of imidazole rings is 1. The van der Waals surface area contributed by atoms with E-state index in [2.05, 4.69) is 18.8 Å². The zero-order valence-electron chi connectivity index (χ0n) is 17.0. The van der Waals surface area contributed by atoms with E-state index in [9.17, 15) is 14.4 Å². The third kappa shape index (κ3) is 4.05. The highest BCUT2D eigenvalue weighted by molar-refractivity contribution is 5.97. The number of hydrogen-bond acceptors (Lipinski definition) is 4. The van der Waals surface area contributed by atoms with E-state index in [1.165, 1.54) is 0 Å². The van der Waals surface area contributed by atoms with Gasteiger partial charge in [-0.15, -0.1) is 0 Å². The third-order valence-electron chi connectivity index (χ3n) is 5.54. The van der Waals surface area contributed by atoms with Crippen LogP contribution in [0.4, 0.5) is 0 Å². The van der Waals surface area contributed by atoms with Gasteiger partial charge in [0.2, 0.25) is 6.41 Å². The average Bonchev–Trinajstić information content (AvgIpc) is 3.12. The monoisotopic (exact) mass is 389 g/mol. The highest BCUT2D eigenvalue weighted by atomic mass is 16.2. The van der Waals surface area contributed by atoms with Crippen LogP contribution < -0.4 is 0 Å². The summed E-state index contributed by atoms with van der Waals surface area (Å²) in [6.07, 6.45) is 5.39. The van der Waals surface area contributed by atoms with Gasteiger partial charge in [-0.25, -0.2) is 4.98 Å². The SMILES string of the molecule is CCCN(CCC)C(=O)c1nc(C(=O)N2CCN(C=O)CC2)c2n1CCCC2. The first-order chi connectivity index (χ1) is 13.6. The Morgan fingerprint density at radius 3 is 2.32 bits per heavy atom. The largest absolute Gasteiger partial charge is 0.342 e. The fourth-order valence-corrected chi connectivity index (χ4v) is 4.05. The minimum atomic E-state index is -0.118. The smallest absolute Gasteiger partial charge is 0.289 e. The average molecular weight is 390 g/mol. The van der Waals surface area contributed by atoms with Crippen LogP contribution >= 0.6 is 0 Å². The van der Waals surface area contributed by atoms with Gasteiger partial charge < -0.3 is 19.3 Å². The van der Waals surface area contributed by atoms with Crippen LogP contribution in [0, 0.1) is 0 Å². The second-order valence-electron chi connectivity index (χ2n) is 7.57. The molecule has 0 aromatic carbocycles. The van der Waals surface area contributed by atoms with Crippen molar-refractivity contribution in [1.29, 1.82) is 0 Å². The lowest BCUT2D eigenvalue weighted by molar-refractivity contribution is -0.119. The fourth-order valence-electron chi connectivity index (χ4n) is 4.05. The Kier molecular flexibility index (Phi) is 6.70. The summed E-state index contributed by atoms with van der Waals surface area (Å²) in [7, 11) is 0. The van der Waals surface area contributed by atoms with E-state index in [1.807, 2.05) is 9.47 Å². The van der Waals surface area contributed by atoms with E-state index in [4.69, 9.17) is 0 Å². The Balaban J connectivity index is 1.87. The molecule has 8 nitrogen and oxygen atoms in total. The summed E-state index contributed by atoms with van der Waals surface area (Å²) in [4.78, 5) is 47.1. The summed E-state index contributed by atoms with van der Waals surface area (Å²) in [6.45, 7) is 8.35. The highest BCUT2D eigenvalue weighted by Gasteiger charge is 2.32. The molecule has 0 saturated carbocycles. The molecular formula is C20H31N5O3. The van der Waals surface area contributed by atoms with Gasteiger partial charge in [0.1, 0.15) is 5.69 Å². The number of piperazine rings is 1. The Bertz CT molecular complexity index is 716. The molecule has 1 saturated heterocycles. The van der Waals surface area contributed by atoms with Gasteiger partial charge in [-0.05, 0) is 32.1 Å². The summed E-state index contributed by atoms with van der Waals surface area (Å²) >= 11 is 0. The van der Waals surface area contributed by atoms with Crippen LogP contribution in [0.25, 0.3) is 0 Å². The molecule has 1 aromatic rings. The number of nitrogens with zero attached hydrogens (tertiary/aromatic N) is 5. The summed E-state index contributed by atoms with van der Waals surface area (Å²) in [5.41, 5.74) is 1.32. The van der Waals surface area contributed by atoms with Crippen molar-refractivity contribution in [2.75, 3.05) is 39.3 Å². The van der Waals surface area contributed by atoms with Gasteiger partial charge in [-0.2, -0.15) is 0 Å². The van der Waals surface area contributed by atoms with Crippen LogP contribution in [0.5, 0.6) is 0 Å². The minimum absolute atomic E-state index is 0.0725. The second kappa shape index (κ2) is 9.21. The first kappa shape index (κ1) is 20.4. The number of carbonyl (C=O) groups excluding carboxylic acids is 3. The van der Waals surface area contributed by atoms with Gasteiger partial charge in [0, 0.05) is 45.8 Å². The van der Waals surface area contributed by atoms with Crippen molar-refractivity contribution in [3.8, 4) is 0 Å². The molecule has 154 valence electrons. The Hall–Kier alpha value is -2.38. The molecule has 2 aliphatic heterocycles. The summed E-state index contributed by atoms with van der Waals surface area (Å²) in [5, 5.41) is 0. The number of amides is 3. The predicted molar refractivity (Wildman–Crippen MR) is 105 cm³/mol. The molecule has 1 aromatic heterocycles. The van der Waals surface area contributed by atoms with Crippen molar-refractivity contribution in [2.45, 2.75) is 52.5 Å². The molecule has 3 amide bonds. The van der Waals surface area contributed by atoms with Crippen LogP contribution in [0.3, 0.4) is 0 Å². The maximum absolute atomic E-state index is 13.2. The fraction of sp³-hybridized carbons (Fsp3) is 0.700. The van der Waals surface area contributed by atoms with E-state index in [0.717, 1.165) is 50.8 Å². The molecule has 28 heavy (non-hydrogen) atoms. The molecule has 8 heteroatoms. The molecule has 0 bridgehead atoms. The number of hydrogen-bond donors (Lipinski definition) is 0. The normalized spacial score (nSPS) is 16.6. The number of carbonyl (C=O) groups is 3. The van der Waals surface area contributed by atoms with Gasteiger partial charge in [0.05, 0.1) is 5.69 Å². The minimum Gasteiger partial charge on any atom is -0.342 e. The molecule has 0 atom stereocenters. The Labute approximate surface area is 166 Å². The molecule has 0 N–H and O–H groups in total. The lowest BCUT2D eigenvalue weighted by Gasteiger charge is -2.32. The van der Waals surface area contributed by atoms with Crippen molar-refractivity contribution >= 4 is 18.2 Å². The van der Waals surface area contributed by atoms with Crippen LogP contribution in [0.1, 0.15) is 66.3 Å². The van der Waals surface area contributed by atoms with Crippen molar-refractivity contribution in [3.05, 3.63) is 17.2 Å². The first-order valence-electron chi connectivity index (χ1n) is 10.5. The molecule has 3 heterocycles. The van der Waals surface area contributed by atoms with Crippen molar-refractivity contribution in [1.82, 2.24) is 24.3 Å². The Morgan fingerprint density at radius 2 is 1.71 bits per heavy atom. The van der Waals surface area contributed by atoms with E-state index in [-0.39, 0.29) is 11.8 Å². The zero-order valence-corrected chi connectivity index (χ0v) is 17.0. The maximum atomic E-state index is 13.2. The quantitative estimate of drug-likeness (QED) is 0.661. The van der Waals surface area contributed by atoms with Gasteiger partial charge in [-0.1, -0.05) is 13.8 Å². The van der Waals surface area contributed by atoms with Crippen LogP contribution in [0.2, 0.25) is 0 Å². The molecule has 0 spiro atoms.